The van der Waals surface area contributed by atoms with Crippen LogP contribution in [0.2, 0.25) is 0 Å². The van der Waals surface area contributed by atoms with Crippen LogP contribution in [0.1, 0.15) is 0 Å². The molecule has 0 aromatic carbocycles. The average Bonchev–Trinajstić information content (AvgIpc) is 2.23. The third-order valence-electron chi connectivity index (χ3n) is 0. The molecule has 0 saturated heterocycles. The Morgan fingerprint density at radius 1 is 0.368 bits per heavy atom. The van der Waals surface area contributed by atoms with Gasteiger partial charge in [0.25, 0.3) is 0 Å². The molecule has 0 aliphatic heterocycles. The van der Waals surface area contributed by atoms with Gasteiger partial charge in [0.2, 0.25) is 0 Å². The molecule has 0 fully saturated rings. The third kappa shape index (κ3) is 3420. The number of nitriles is 6. The quantitative estimate of drug-likeness (QED) is 0.302. The van der Waals surface area contributed by atoms with Crippen molar-refractivity contribution in [2.24, 2.45) is 0 Å². The Labute approximate surface area is 159 Å². The number of nitrogens with zero attached hydrogens (tertiary/aromatic N) is 6. The van der Waals surface area contributed by atoms with Crippen molar-refractivity contribution < 1.29 is 21.1 Å². The summed E-state index contributed by atoms with van der Waals surface area (Å²) in [5.41, 5.74) is 0. The van der Waals surface area contributed by atoms with Crippen LogP contribution in [0, 0.1) is 64.0 Å². The second-order valence-corrected chi connectivity index (χ2v) is 1.64. The van der Waals surface area contributed by atoms with Gasteiger partial charge < -0.3 is 75.8 Å². The molecule has 0 spiro atoms. The van der Waals surface area contributed by atoms with Gasteiger partial charge in [0.05, 0.1) is 0 Å². The van der Waals surface area contributed by atoms with Gasteiger partial charge in [-0.15, -0.1) is 0 Å². The summed E-state index contributed by atoms with van der Waals surface area (Å²) in [5, 5.41) is 50.8. The predicted octanol–water partition coefficient (Wildman–Crippen LogP) is 0.0838. The Balaban J connectivity index is -0.0000000180. The standard InChI is InChI=1S/6CHNS.Pt/c6*2-1-3;/h6*3H;/p-6. The molecular formula is C6N6PtS6-6. The number of rotatable bonds is 0. The summed E-state index contributed by atoms with van der Waals surface area (Å²) in [7, 11) is 0. The predicted molar refractivity (Wildman–Crippen MR) is 77.9 cm³/mol. The van der Waals surface area contributed by atoms with Gasteiger partial charge in [-0.2, -0.15) is 0 Å². The van der Waals surface area contributed by atoms with Crippen LogP contribution in [-0.4, -0.2) is 0 Å². The van der Waals surface area contributed by atoms with Crippen molar-refractivity contribution in [3.05, 3.63) is 0 Å². The third-order valence-corrected chi connectivity index (χ3v) is 0. The van der Waals surface area contributed by atoms with E-state index in [0.29, 0.717) is 0 Å². The van der Waals surface area contributed by atoms with E-state index in [2.05, 4.69) is 75.8 Å². The summed E-state index contributed by atoms with van der Waals surface area (Å²) in [6.45, 7) is 0. The molecule has 106 valence electrons. The van der Waals surface area contributed by atoms with Crippen molar-refractivity contribution in [3.63, 3.8) is 0 Å². The van der Waals surface area contributed by atoms with Gasteiger partial charge in [-0.3, -0.25) is 0 Å². The van der Waals surface area contributed by atoms with Crippen LogP contribution in [0.4, 0.5) is 0 Å². The number of hydrogen-bond acceptors (Lipinski definition) is 12. The molecule has 0 amide bonds. The molecule has 0 saturated carbocycles. The molecule has 0 aromatic rings. The number of thiocyanates is 6. The first-order valence-electron chi connectivity index (χ1n) is 2.57. The van der Waals surface area contributed by atoms with E-state index in [1.165, 1.54) is 32.4 Å². The fraction of sp³-hybridized carbons (Fsp3) is 0. The van der Waals surface area contributed by atoms with Crippen LogP contribution in [0.25, 0.3) is 0 Å². The van der Waals surface area contributed by atoms with Gasteiger partial charge in [0, 0.05) is 21.1 Å². The Kier molecular flexibility index (Phi) is 399. The summed E-state index contributed by atoms with van der Waals surface area (Å²) in [6.07, 6.45) is 0. The first kappa shape index (κ1) is 43.0. The van der Waals surface area contributed by atoms with Crippen molar-refractivity contribution in [2.45, 2.75) is 0 Å². The van der Waals surface area contributed by atoms with Crippen LogP contribution in [0.3, 0.4) is 0 Å². The van der Waals surface area contributed by atoms with E-state index in [1.807, 2.05) is 0 Å². The molecule has 0 aliphatic carbocycles. The maximum absolute atomic E-state index is 7.13. The summed E-state index contributed by atoms with van der Waals surface area (Å²) >= 11 is 22.2. The minimum atomic E-state index is 0. The minimum Gasteiger partial charge on any atom is -0.696 e. The molecule has 0 radical (unpaired) electrons. The average molecular weight is 544 g/mol. The molecule has 13 heteroatoms. The van der Waals surface area contributed by atoms with Crippen molar-refractivity contribution in [1.82, 2.24) is 0 Å². The smallest absolute Gasteiger partial charge is 0 e. The molecule has 0 bridgehead atoms. The summed E-state index contributed by atoms with van der Waals surface area (Å²) in [4.78, 5) is 0. The normalized spacial score (nSPS) is 2.21. The Morgan fingerprint density at radius 3 is 0.368 bits per heavy atom. The van der Waals surface area contributed by atoms with Crippen molar-refractivity contribution in [1.29, 1.82) is 31.6 Å². The molecule has 19 heavy (non-hydrogen) atoms. The fourth-order valence-electron chi connectivity index (χ4n) is 0. The molecule has 6 nitrogen and oxygen atoms in total. The molecule has 0 rings (SSSR count). The SMILES string of the molecule is N#C[S-].N#C[S-].N#C[S-].N#C[S-].N#C[S-].N#C[S-].[Pt]. The van der Waals surface area contributed by atoms with Crippen LogP contribution in [-0.2, 0) is 96.8 Å². The molecular weight excluding hydrogens is 544 g/mol. The van der Waals surface area contributed by atoms with E-state index >= 15 is 0 Å². The Hall–Kier alpha value is -1.05. The van der Waals surface area contributed by atoms with E-state index in [4.69, 9.17) is 31.6 Å². The zero-order valence-corrected chi connectivity index (χ0v) is 15.6. The van der Waals surface area contributed by atoms with Crippen molar-refractivity contribution in [2.75, 3.05) is 0 Å². The van der Waals surface area contributed by atoms with E-state index in [1.54, 1.807) is 0 Å². The zero-order chi connectivity index (χ0) is 16.2. The molecule has 0 N–H and O–H groups in total. The van der Waals surface area contributed by atoms with Gasteiger partial charge in [-0.05, 0) is 0 Å². The number of hydrogen-bond donors (Lipinski definition) is 0. The largest absolute Gasteiger partial charge is 0.696 e. The van der Waals surface area contributed by atoms with Crippen LogP contribution < -0.4 is 0 Å². The fourth-order valence-corrected chi connectivity index (χ4v) is 0. The Bertz CT molecular complexity index is 256. The summed E-state index contributed by atoms with van der Waals surface area (Å²) < 4.78 is 0. The van der Waals surface area contributed by atoms with E-state index in [0.717, 1.165) is 0 Å². The topological polar surface area (TPSA) is 143 Å². The van der Waals surface area contributed by atoms with Crippen LogP contribution >= 0.6 is 0 Å². The van der Waals surface area contributed by atoms with E-state index in [9.17, 15) is 0 Å². The zero-order valence-electron chi connectivity index (χ0n) is 8.45. The van der Waals surface area contributed by atoms with Gasteiger partial charge in [-0.25, -0.2) is 31.6 Å². The van der Waals surface area contributed by atoms with E-state index < -0.39 is 0 Å². The maximum Gasteiger partial charge on any atom is 0 e. The van der Waals surface area contributed by atoms with Crippen molar-refractivity contribution >= 4 is 75.8 Å². The minimum absolute atomic E-state index is 0. The van der Waals surface area contributed by atoms with Gasteiger partial charge in [0.1, 0.15) is 0 Å². The van der Waals surface area contributed by atoms with Gasteiger partial charge >= 0.3 is 0 Å². The summed E-state index contributed by atoms with van der Waals surface area (Å²) in [5.74, 6) is 0. The second-order valence-electron chi connectivity index (χ2n) is 0.548. The molecule has 0 atom stereocenters. The van der Waals surface area contributed by atoms with Crippen molar-refractivity contribution in [3.8, 4) is 32.4 Å². The first-order chi connectivity index (χ1) is 8.49. The van der Waals surface area contributed by atoms with Crippen LogP contribution in [0.15, 0.2) is 0 Å². The maximum atomic E-state index is 7.13. The monoisotopic (exact) mass is 543 g/mol. The van der Waals surface area contributed by atoms with Crippen LogP contribution in [0.5, 0.6) is 0 Å². The Morgan fingerprint density at radius 2 is 0.368 bits per heavy atom. The van der Waals surface area contributed by atoms with Gasteiger partial charge in [-0.1, -0.05) is 32.4 Å². The molecule has 0 aliphatic rings. The molecule has 0 heterocycles. The van der Waals surface area contributed by atoms with Gasteiger partial charge in [0.15, 0.2) is 0 Å². The first-order valence-corrected chi connectivity index (χ1v) is 5.02. The molecule has 0 unspecified atom stereocenters. The summed E-state index contributed by atoms with van der Waals surface area (Å²) in [6, 6.07) is 0. The second kappa shape index (κ2) is 176. The van der Waals surface area contributed by atoms with E-state index in [-0.39, 0.29) is 21.1 Å². The molecule has 0 aromatic heterocycles.